The van der Waals surface area contributed by atoms with Crippen LogP contribution in [0.25, 0.3) is 0 Å². The van der Waals surface area contributed by atoms with Crippen LogP contribution in [0, 0.1) is 6.92 Å². The van der Waals surface area contributed by atoms with Crippen molar-refractivity contribution >= 4 is 11.6 Å². The Balaban J connectivity index is 2.14. The van der Waals surface area contributed by atoms with Gasteiger partial charge < -0.3 is 10.1 Å². The first kappa shape index (κ1) is 13.8. The summed E-state index contributed by atoms with van der Waals surface area (Å²) in [6, 6.07) is 9.48. The molecule has 4 heteroatoms. The lowest BCUT2D eigenvalue weighted by atomic mass is 10.2. The highest BCUT2D eigenvalue weighted by molar-refractivity contribution is 6.32. The summed E-state index contributed by atoms with van der Waals surface area (Å²) < 4.78 is 5.79. The van der Waals surface area contributed by atoms with E-state index in [1.165, 1.54) is 0 Å². The maximum absolute atomic E-state index is 6.15. The maximum atomic E-state index is 6.15. The second kappa shape index (κ2) is 6.55. The maximum Gasteiger partial charge on any atom is 0.146 e. The molecule has 2 aromatic rings. The van der Waals surface area contributed by atoms with Gasteiger partial charge in [0.05, 0.1) is 10.7 Å². The van der Waals surface area contributed by atoms with Gasteiger partial charge in [-0.05, 0) is 37.2 Å². The van der Waals surface area contributed by atoms with Crippen LogP contribution in [0.2, 0.25) is 5.02 Å². The summed E-state index contributed by atoms with van der Waals surface area (Å²) in [7, 11) is 0. The number of aromatic nitrogens is 1. The summed E-state index contributed by atoms with van der Waals surface area (Å²) in [4.78, 5) is 4.28. The molecule has 0 amide bonds. The van der Waals surface area contributed by atoms with Gasteiger partial charge in [0.2, 0.25) is 0 Å². The number of nitrogens with one attached hydrogen (secondary N) is 1. The van der Waals surface area contributed by atoms with Gasteiger partial charge in [-0.3, -0.25) is 4.98 Å². The Bertz CT molecular complexity index is 558. The molecular formula is C15H17ClN2O. The molecule has 1 aromatic heterocycles. The average molecular weight is 277 g/mol. The Morgan fingerprint density at radius 1 is 1.26 bits per heavy atom. The number of aryl methyl sites for hydroxylation is 1. The van der Waals surface area contributed by atoms with Gasteiger partial charge in [-0.25, -0.2) is 0 Å². The summed E-state index contributed by atoms with van der Waals surface area (Å²) in [5.74, 6) is 1.40. The van der Waals surface area contributed by atoms with Gasteiger partial charge in [-0.15, -0.1) is 0 Å². The zero-order chi connectivity index (χ0) is 13.7. The van der Waals surface area contributed by atoms with Crippen LogP contribution in [-0.4, -0.2) is 11.5 Å². The Morgan fingerprint density at radius 3 is 2.84 bits per heavy atom. The molecule has 1 heterocycles. The standard InChI is InChI=1S/C15H17ClN2O/c1-3-17-10-12-9-13(6-7-18-12)19-15-5-4-11(2)8-14(15)16/h4-9,17H,3,10H2,1-2H3. The molecule has 0 unspecified atom stereocenters. The highest BCUT2D eigenvalue weighted by atomic mass is 35.5. The first-order valence-electron chi connectivity index (χ1n) is 6.28. The smallest absolute Gasteiger partial charge is 0.146 e. The number of benzene rings is 1. The van der Waals surface area contributed by atoms with E-state index in [-0.39, 0.29) is 0 Å². The largest absolute Gasteiger partial charge is 0.456 e. The van der Waals surface area contributed by atoms with Crippen molar-refractivity contribution < 1.29 is 4.74 Å². The molecule has 0 atom stereocenters. The van der Waals surface area contributed by atoms with Crippen molar-refractivity contribution in [2.45, 2.75) is 20.4 Å². The van der Waals surface area contributed by atoms with E-state index in [1.54, 1.807) is 6.20 Å². The zero-order valence-electron chi connectivity index (χ0n) is 11.1. The quantitative estimate of drug-likeness (QED) is 0.898. The molecule has 0 spiro atoms. The van der Waals surface area contributed by atoms with Crippen LogP contribution in [0.4, 0.5) is 0 Å². The minimum Gasteiger partial charge on any atom is -0.456 e. The zero-order valence-corrected chi connectivity index (χ0v) is 11.9. The molecule has 0 aliphatic rings. The number of rotatable bonds is 5. The minimum absolute atomic E-state index is 0.616. The normalized spacial score (nSPS) is 10.5. The Kier molecular flexibility index (Phi) is 4.77. The highest BCUT2D eigenvalue weighted by Gasteiger charge is 2.04. The molecule has 0 saturated heterocycles. The summed E-state index contributed by atoms with van der Waals surface area (Å²) in [6.45, 7) is 5.70. The summed E-state index contributed by atoms with van der Waals surface area (Å²) >= 11 is 6.15. The van der Waals surface area contributed by atoms with Gasteiger partial charge in [-0.2, -0.15) is 0 Å². The van der Waals surface area contributed by atoms with E-state index in [2.05, 4.69) is 17.2 Å². The number of ether oxygens (including phenoxy) is 1. The molecule has 0 bridgehead atoms. The molecule has 1 aromatic carbocycles. The van der Waals surface area contributed by atoms with Crippen molar-refractivity contribution in [2.75, 3.05) is 6.54 Å². The Hall–Kier alpha value is -1.58. The highest BCUT2D eigenvalue weighted by Crippen LogP contribution is 2.29. The fourth-order valence-electron chi connectivity index (χ4n) is 1.68. The van der Waals surface area contributed by atoms with Gasteiger partial charge in [0.25, 0.3) is 0 Å². The van der Waals surface area contributed by atoms with Gasteiger partial charge in [-0.1, -0.05) is 24.6 Å². The lowest BCUT2D eigenvalue weighted by molar-refractivity contribution is 0.480. The summed E-state index contributed by atoms with van der Waals surface area (Å²) in [6.07, 6.45) is 1.74. The molecule has 3 nitrogen and oxygen atoms in total. The van der Waals surface area contributed by atoms with Crippen LogP contribution < -0.4 is 10.1 Å². The minimum atomic E-state index is 0.616. The third kappa shape index (κ3) is 3.94. The van der Waals surface area contributed by atoms with E-state index in [0.717, 1.165) is 30.1 Å². The van der Waals surface area contributed by atoms with E-state index in [0.29, 0.717) is 10.8 Å². The predicted octanol–water partition coefficient (Wildman–Crippen LogP) is 3.95. The first-order valence-corrected chi connectivity index (χ1v) is 6.66. The average Bonchev–Trinajstić information content (AvgIpc) is 2.40. The van der Waals surface area contributed by atoms with E-state index in [4.69, 9.17) is 16.3 Å². The number of hydrogen-bond donors (Lipinski definition) is 1. The van der Waals surface area contributed by atoms with Crippen molar-refractivity contribution in [3.05, 3.63) is 52.8 Å². The number of hydrogen-bond acceptors (Lipinski definition) is 3. The molecule has 1 N–H and O–H groups in total. The van der Waals surface area contributed by atoms with E-state index in [1.807, 2.05) is 37.3 Å². The number of nitrogens with zero attached hydrogens (tertiary/aromatic N) is 1. The van der Waals surface area contributed by atoms with Crippen molar-refractivity contribution in [2.24, 2.45) is 0 Å². The SMILES string of the molecule is CCNCc1cc(Oc2ccc(C)cc2Cl)ccn1. The van der Waals surface area contributed by atoms with Gasteiger partial charge in [0.15, 0.2) is 0 Å². The Labute approximate surface area is 118 Å². The topological polar surface area (TPSA) is 34.1 Å². The number of halogens is 1. The molecule has 0 saturated carbocycles. The first-order chi connectivity index (χ1) is 9.19. The van der Waals surface area contributed by atoms with Crippen LogP contribution in [0.3, 0.4) is 0 Å². The monoisotopic (exact) mass is 276 g/mol. The van der Waals surface area contributed by atoms with Crippen molar-refractivity contribution in [1.29, 1.82) is 0 Å². The van der Waals surface area contributed by atoms with Crippen LogP contribution in [-0.2, 0) is 6.54 Å². The second-order valence-corrected chi connectivity index (χ2v) is 4.71. The molecular weight excluding hydrogens is 260 g/mol. The fourth-order valence-corrected chi connectivity index (χ4v) is 1.96. The van der Waals surface area contributed by atoms with Crippen molar-refractivity contribution in [1.82, 2.24) is 10.3 Å². The van der Waals surface area contributed by atoms with Gasteiger partial charge in [0, 0.05) is 18.8 Å². The van der Waals surface area contributed by atoms with Crippen molar-refractivity contribution in [3.63, 3.8) is 0 Å². The van der Waals surface area contributed by atoms with Crippen molar-refractivity contribution in [3.8, 4) is 11.5 Å². The lowest BCUT2D eigenvalue weighted by Crippen LogP contribution is -2.12. The molecule has 0 aliphatic carbocycles. The van der Waals surface area contributed by atoms with Gasteiger partial charge >= 0.3 is 0 Å². The third-order valence-electron chi connectivity index (χ3n) is 2.66. The van der Waals surface area contributed by atoms with E-state index in [9.17, 15) is 0 Å². The van der Waals surface area contributed by atoms with Crippen LogP contribution in [0.1, 0.15) is 18.2 Å². The molecule has 19 heavy (non-hydrogen) atoms. The van der Waals surface area contributed by atoms with E-state index >= 15 is 0 Å². The molecule has 0 radical (unpaired) electrons. The predicted molar refractivity (Wildman–Crippen MR) is 77.9 cm³/mol. The third-order valence-corrected chi connectivity index (χ3v) is 2.95. The lowest BCUT2D eigenvalue weighted by Gasteiger charge is -2.09. The summed E-state index contributed by atoms with van der Waals surface area (Å²) in [5, 5.41) is 3.85. The van der Waals surface area contributed by atoms with Gasteiger partial charge in [0.1, 0.15) is 11.5 Å². The van der Waals surface area contributed by atoms with Crippen LogP contribution >= 0.6 is 11.6 Å². The van der Waals surface area contributed by atoms with Crippen LogP contribution in [0.15, 0.2) is 36.5 Å². The summed E-state index contributed by atoms with van der Waals surface area (Å²) in [5.41, 5.74) is 2.06. The fraction of sp³-hybridized carbons (Fsp3) is 0.267. The molecule has 0 aliphatic heterocycles. The van der Waals surface area contributed by atoms with Crippen LogP contribution in [0.5, 0.6) is 11.5 Å². The van der Waals surface area contributed by atoms with E-state index < -0.39 is 0 Å². The molecule has 2 rings (SSSR count). The second-order valence-electron chi connectivity index (χ2n) is 4.30. The number of pyridine rings is 1. The molecule has 100 valence electrons. The molecule has 0 fully saturated rings. The Morgan fingerprint density at radius 2 is 2.11 bits per heavy atom.